The van der Waals surface area contributed by atoms with Crippen LogP contribution in [0.4, 0.5) is 14.9 Å². The third-order valence-corrected chi connectivity index (χ3v) is 7.34. The van der Waals surface area contributed by atoms with Crippen LogP contribution in [0.25, 0.3) is 0 Å². The van der Waals surface area contributed by atoms with E-state index in [4.69, 9.17) is 4.52 Å². The Morgan fingerprint density at radius 3 is 2.69 bits per heavy atom. The van der Waals surface area contributed by atoms with Crippen molar-refractivity contribution in [2.24, 2.45) is 5.92 Å². The van der Waals surface area contributed by atoms with Crippen molar-refractivity contribution in [1.82, 2.24) is 15.0 Å². The first-order chi connectivity index (χ1) is 15.4. The van der Waals surface area contributed by atoms with Crippen LogP contribution in [0, 0.1) is 18.7 Å². The number of imide groups is 1. The SMILES string of the molecule is Cc1cc(CN2C(=O)N(c3cccc(F)c3)[C@@]3(CCN(CC4CCC4)[C@@H](C)C3)C2=O)no1. The minimum absolute atomic E-state index is 0.0444. The third kappa shape index (κ3) is 3.50. The summed E-state index contributed by atoms with van der Waals surface area (Å²) < 4.78 is 19.2. The minimum atomic E-state index is -1.01. The number of hydrogen-bond donors (Lipinski definition) is 0. The van der Waals surface area contributed by atoms with Crippen molar-refractivity contribution in [1.29, 1.82) is 0 Å². The predicted molar refractivity (Wildman–Crippen MR) is 116 cm³/mol. The molecule has 3 fully saturated rings. The van der Waals surface area contributed by atoms with Crippen LogP contribution in [0.2, 0.25) is 0 Å². The van der Waals surface area contributed by atoms with Gasteiger partial charge in [-0.1, -0.05) is 17.6 Å². The molecule has 7 nitrogen and oxygen atoms in total. The van der Waals surface area contributed by atoms with Gasteiger partial charge in [-0.2, -0.15) is 0 Å². The Balaban J connectivity index is 1.47. The average molecular weight is 441 g/mol. The molecule has 0 unspecified atom stereocenters. The van der Waals surface area contributed by atoms with Gasteiger partial charge < -0.3 is 9.42 Å². The number of aromatic nitrogens is 1. The van der Waals surface area contributed by atoms with E-state index in [1.165, 1.54) is 41.2 Å². The summed E-state index contributed by atoms with van der Waals surface area (Å²) in [4.78, 5) is 32.6. The highest BCUT2D eigenvalue weighted by Gasteiger charge is 2.60. The molecule has 2 atom stereocenters. The van der Waals surface area contributed by atoms with Gasteiger partial charge in [-0.3, -0.25) is 14.6 Å². The molecule has 0 N–H and O–H groups in total. The number of halogens is 1. The summed E-state index contributed by atoms with van der Waals surface area (Å²) in [5, 5.41) is 3.96. The summed E-state index contributed by atoms with van der Waals surface area (Å²) >= 11 is 0. The van der Waals surface area contributed by atoms with Crippen LogP contribution >= 0.6 is 0 Å². The lowest BCUT2D eigenvalue weighted by Crippen LogP contribution is -2.60. The zero-order chi connectivity index (χ0) is 22.5. The van der Waals surface area contributed by atoms with Crippen LogP contribution in [-0.4, -0.2) is 51.6 Å². The zero-order valence-corrected chi connectivity index (χ0v) is 18.6. The number of anilines is 1. The summed E-state index contributed by atoms with van der Waals surface area (Å²) in [6.45, 7) is 5.72. The predicted octanol–water partition coefficient (Wildman–Crippen LogP) is 4.11. The highest BCUT2D eigenvalue weighted by Crippen LogP contribution is 2.43. The fourth-order valence-electron chi connectivity index (χ4n) is 5.45. The second kappa shape index (κ2) is 7.99. The van der Waals surface area contributed by atoms with Crippen LogP contribution in [-0.2, 0) is 11.3 Å². The summed E-state index contributed by atoms with van der Waals surface area (Å²) in [7, 11) is 0. The van der Waals surface area contributed by atoms with E-state index in [0.29, 0.717) is 30.0 Å². The van der Waals surface area contributed by atoms with E-state index >= 15 is 0 Å². The molecule has 0 bridgehead atoms. The third-order valence-electron chi connectivity index (χ3n) is 7.34. The van der Waals surface area contributed by atoms with Gasteiger partial charge in [0.05, 0.1) is 6.54 Å². The fraction of sp³-hybridized carbons (Fsp3) is 0.542. The molecule has 2 aromatic rings. The number of hydrogen-bond acceptors (Lipinski definition) is 5. The lowest BCUT2D eigenvalue weighted by Gasteiger charge is -2.47. The molecule has 3 heterocycles. The van der Waals surface area contributed by atoms with Crippen molar-refractivity contribution in [3.05, 3.63) is 47.6 Å². The minimum Gasteiger partial charge on any atom is -0.361 e. The Morgan fingerprint density at radius 2 is 2.06 bits per heavy atom. The lowest BCUT2D eigenvalue weighted by atomic mass is 9.79. The van der Waals surface area contributed by atoms with E-state index < -0.39 is 17.4 Å². The summed E-state index contributed by atoms with van der Waals surface area (Å²) in [6.07, 6.45) is 4.89. The van der Waals surface area contributed by atoms with Crippen molar-refractivity contribution >= 4 is 17.6 Å². The molecule has 1 aromatic heterocycles. The van der Waals surface area contributed by atoms with Crippen molar-refractivity contribution in [2.75, 3.05) is 18.0 Å². The fourth-order valence-corrected chi connectivity index (χ4v) is 5.45. The quantitative estimate of drug-likeness (QED) is 0.655. The molecule has 32 heavy (non-hydrogen) atoms. The number of carbonyl (C=O) groups excluding carboxylic acids is 2. The van der Waals surface area contributed by atoms with Gasteiger partial charge in [-0.15, -0.1) is 0 Å². The van der Waals surface area contributed by atoms with E-state index in [0.717, 1.165) is 19.0 Å². The number of nitrogens with zero attached hydrogens (tertiary/aromatic N) is 4. The normalized spacial score (nSPS) is 26.9. The molecule has 1 aliphatic carbocycles. The van der Waals surface area contributed by atoms with Crippen LogP contribution < -0.4 is 4.90 Å². The molecule has 3 aliphatic rings. The second-order valence-corrected chi connectivity index (χ2v) is 9.54. The molecular weight excluding hydrogens is 411 g/mol. The van der Waals surface area contributed by atoms with Crippen molar-refractivity contribution in [3.8, 4) is 0 Å². The van der Waals surface area contributed by atoms with Crippen LogP contribution in [0.15, 0.2) is 34.9 Å². The van der Waals surface area contributed by atoms with E-state index in [-0.39, 0.29) is 18.5 Å². The Kier molecular flexibility index (Phi) is 5.28. The van der Waals surface area contributed by atoms with Gasteiger partial charge in [0.15, 0.2) is 0 Å². The summed E-state index contributed by atoms with van der Waals surface area (Å²) in [5.74, 6) is 0.689. The Morgan fingerprint density at radius 1 is 1.25 bits per heavy atom. The zero-order valence-electron chi connectivity index (χ0n) is 18.6. The maximum absolute atomic E-state index is 14.1. The molecule has 8 heteroatoms. The molecule has 2 aliphatic heterocycles. The standard InChI is InChI=1S/C24H29FN4O3/c1-16-13-24(9-10-27(16)14-18-5-3-6-18)22(30)28(15-20-11-17(2)32-26-20)23(31)29(24)21-8-4-7-19(25)12-21/h4,7-8,11-12,16,18H,3,5-6,9-10,13-15H2,1-2H3/t16-,24+/m0/s1. The van der Waals surface area contributed by atoms with Gasteiger partial charge in [0.25, 0.3) is 5.91 Å². The van der Waals surface area contributed by atoms with Gasteiger partial charge in [-0.05, 0) is 63.6 Å². The molecule has 5 rings (SSSR count). The van der Waals surface area contributed by atoms with E-state index in [2.05, 4.69) is 17.0 Å². The number of urea groups is 1. The number of rotatable bonds is 5. The topological polar surface area (TPSA) is 69.9 Å². The first-order valence-electron chi connectivity index (χ1n) is 11.5. The smallest absolute Gasteiger partial charge is 0.332 e. The Hall–Kier alpha value is -2.74. The second-order valence-electron chi connectivity index (χ2n) is 9.54. The molecule has 1 saturated carbocycles. The van der Waals surface area contributed by atoms with Gasteiger partial charge in [0.1, 0.15) is 22.8 Å². The van der Waals surface area contributed by atoms with Crippen molar-refractivity contribution in [2.45, 2.75) is 64.1 Å². The maximum Gasteiger partial charge on any atom is 0.332 e. The lowest BCUT2D eigenvalue weighted by molar-refractivity contribution is -0.133. The number of carbonyl (C=O) groups is 2. The van der Waals surface area contributed by atoms with Crippen LogP contribution in [0.3, 0.4) is 0 Å². The largest absolute Gasteiger partial charge is 0.361 e. The maximum atomic E-state index is 14.1. The summed E-state index contributed by atoms with van der Waals surface area (Å²) in [5.41, 5.74) is -0.0723. The molecule has 170 valence electrons. The molecule has 2 saturated heterocycles. The van der Waals surface area contributed by atoms with Gasteiger partial charge in [0, 0.05) is 30.9 Å². The van der Waals surface area contributed by atoms with Gasteiger partial charge in [0.2, 0.25) is 0 Å². The first kappa shape index (κ1) is 21.1. The molecular formula is C24H29FN4O3. The Bertz CT molecular complexity index is 1040. The van der Waals surface area contributed by atoms with Crippen molar-refractivity contribution in [3.63, 3.8) is 0 Å². The number of amides is 3. The van der Waals surface area contributed by atoms with Crippen LogP contribution in [0.5, 0.6) is 0 Å². The summed E-state index contributed by atoms with van der Waals surface area (Å²) in [6, 6.07) is 7.40. The molecule has 0 radical (unpaired) electrons. The number of piperidine rings is 1. The number of benzene rings is 1. The van der Waals surface area contributed by atoms with E-state index in [9.17, 15) is 14.0 Å². The molecule has 1 spiro atoms. The number of likely N-dealkylation sites (tertiary alicyclic amines) is 1. The first-order valence-corrected chi connectivity index (χ1v) is 11.5. The van der Waals surface area contributed by atoms with Gasteiger partial charge in [-0.25, -0.2) is 9.18 Å². The highest BCUT2D eigenvalue weighted by molar-refractivity contribution is 6.16. The van der Waals surface area contributed by atoms with E-state index in [1.807, 2.05) is 0 Å². The number of aryl methyl sites for hydroxylation is 1. The molecule has 1 aromatic carbocycles. The highest BCUT2D eigenvalue weighted by atomic mass is 19.1. The van der Waals surface area contributed by atoms with Gasteiger partial charge >= 0.3 is 6.03 Å². The average Bonchev–Trinajstić information content (AvgIpc) is 3.21. The van der Waals surface area contributed by atoms with Crippen molar-refractivity contribution < 1.29 is 18.5 Å². The molecule has 3 amide bonds. The van der Waals surface area contributed by atoms with Crippen LogP contribution in [0.1, 0.15) is 50.5 Å². The Labute approximate surface area is 187 Å². The van der Waals surface area contributed by atoms with E-state index in [1.54, 1.807) is 25.1 Å². The monoisotopic (exact) mass is 440 g/mol.